The summed E-state index contributed by atoms with van der Waals surface area (Å²) in [6.45, 7) is 10.1. The van der Waals surface area contributed by atoms with Gasteiger partial charge in [0.05, 0.1) is 43.0 Å². The van der Waals surface area contributed by atoms with Gasteiger partial charge >= 0.3 is 12.2 Å². The first kappa shape index (κ1) is 37.9. The number of nitrogens with zero attached hydrogens (tertiary/aromatic N) is 6. The van der Waals surface area contributed by atoms with E-state index in [0.717, 1.165) is 41.6 Å². The molecule has 0 bridgehead atoms. The molecule has 4 aromatic rings. The van der Waals surface area contributed by atoms with Gasteiger partial charge in [0.2, 0.25) is 5.91 Å². The number of likely N-dealkylation sites (tertiary alicyclic amines) is 2. The van der Waals surface area contributed by atoms with Crippen LogP contribution in [-0.4, -0.2) is 95.5 Å². The predicted octanol–water partition coefficient (Wildman–Crippen LogP) is 5.14. The number of H-pyrrole nitrogens is 2. The minimum absolute atomic E-state index is 0.117. The van der Waals surface area contributed by atoms with E-state index in [9.17, 15) is 19.2 Å². The van der Waals surface area contributed by atoms with Crippen LogP contribution in [0, 0.1) is 11.8 Å². The first-order valence-electron chi connectivity index (χ1n) is 18.3. The lowest BCUT2D eigenvalue weighted by Crippen LogP contribution is -2.53. The molecule has 0 saturated carbocycles. The molecule has 5 N–H and O–H groups in total. The van der Waals surface area contributed by atoms with E-state index in [0.29, 0.717) is 42.7 Å². The van der Waals surface area contributed by atoms with Crippen LogP contribution in [0.4, 0.5) is 9.59 Å². The van der Waals surface area contributed by atoms with Crippen LogP contribution < -0.4 is 11.1 Å². The van der Waals surface area contributed by atoms with Crippen molar-refractivity contribution < 1.29 is 28.7 Å². The lowest BCUT2D eigenvalue weighted by molar-refractivity contribution is -0.155. The normalized spacial score (nSPS) is 18.8. The number of aromatic nitrogens is 6. The summed E-state index contributed by atoms with van der Waals surface area (Å²) in [7, 11) is 1.28. The Morgan fingerprint density at radius 1 is 0.815 bits per heavy atom. The summed E-state index contributed by atoms with van der Waals surface area (Å²) in [6.07, 6.45) is 8.38. The van der Waals surface area contributed by atoms with Crippen LogP contribution in [0.5, 0.6) is 0 Å². The second kappa shape index (κ2) is 15.7. The summed E-state index contributed by atoms with van der Waals surface area (Å²) in [6, 6.07) is 6.57. The van der Waals surface area contributed by atoms with E-state index in [2.05, 4.69) is 35.2 Å². The van der Waals surface area contributed by atoms with Gasteiger partial charge in [0.15, 0.2) is 11.4 Å². The fourth-order valence-corrected chi connectivity index (χ4v) is 7.11. The standard InChI is InChI=1S/C38H48N10O6/c1-21(2)30(46-37(52)53-6)34(49)47-15-7-9-28(47)32-42-19-26(44-32)23-11-13-24(14-12-23)31-40-17-25(18-41-31)27-20-43-33(45-27)29-10-8-16-48(29)35(50)38(5,22(3)4)54-36(39)51/h11-14,17-22,28-30H,7-10,15-16H2,1-6H3,(H2,39,51)(H,42,44)(H,43,45)(H,46,52)/t28-,29-,30-,38-/m0/s1. The van der Waals surface area contributed by atoms with Gasteiger partial charge in [-0.2, -0.15) is 0 Å². The molecule has 4 amide bonds. The lowest BCUT2D eigenvalue weighted by Gasteiger charge is -2.36. The number of rotatable bonds is 11. The Morgan fingerprint density at radius 3 is 1.89 bits per heavy atom. The molecule has 3 aromatic heterocycles. The van der Waals surface area contributed by atoms with E-state index in [1.165, 1.54) is 7.11 Å². The molecule has 2 aliphatic rings. The van der Waals surface area contributed by atoms with Crippen molar-refractivity contribution in [2.24, 2.45) is 17.6 Å². The van der Waals surface area contributed by atoms with Crippen LogP contribution >= 0.6 is 0 Å². The first-order valence-corrected chi connectivity index (χ1v) is 18.3. The lowest BCUT2D eigenvalue weighted by atomic mass is 9.90. The summed E-state index contributed by atoms with van der Waals surface area (Å²) in [5, 5.41) is 2.68. The number of primary amides is 1. The molecule has 4 atom stereocenters. The number of carbonyl (C=O) groups excluding carboxylic acids is 4. The van der Waals surface area contributed by atoms with Gasteiger partial charge in [-0.3, -0.25) is 9.59 Å². The quantitative estimate of drug-likeness (QED) is 0.159. The van der Waals surface area contributed by atoms with Gasteiger partial charge in [-0.1, -0.05) is 52.0 Å². The van der Waals surface area contributed by atoms with Gasteiger partial charge in [-0.15, -0.1) is 0 Å². The van der Waals surface area contributed by atoms with Crippen molar-refractivity contribution in [1.82, 2.24) is 45.0 Å². The highest BCUT2D eigenvalue weighted by Crippen LogP contribution is 2.37. The van der Waals surface area contributed by atoms with Crippen molar-refractivity contribution in [3.05, 3.63) is 60.7 Å². The number of benzene rings is 1. The Kier molecular flexibility index (Phi) is 11.0. The average Bonchev–Trinajstić information content (AvgIpc) is 3.99. The molecule has 1 aromatic carbocycles. The number of alkyl carbamates (subject to hydrolysis) is 1. The number of ether oxygens (including phenoxy) is 2. The van der Waals surface area contributed by atoms with E-state index < -0.39 is 23.8 Å². The number of aromatic amines is 2. The molecular weight excluding hydrogens is 692 g/mol. The van der Waals surface area contributed by atoms with E-state index in [1.54, 1.807) is 41.5 Å². The monoisotopic (exact) mass is 740 g/mol. The molecule has 16 heteroatoms. The van der Waals surface area contributed by atoms with Gasteiger partial charge in [-0.05, 0) is 44.1 Å². The number of amides is 4. The van der Waals surface area contributed by atoms with Crippen molar-refractivity contribution in [2.75, 3.05) is 20.2 Å². The highest BCUT2D eigenvalue weighted by molar-refractivity contribution is 5.88. The summed E-state index contributed by atoms with van der Waals surface area (Å²) in [5.41, 5.74) is 7.92. The molecule has 286 valence electrons. The van der Waals surface area contributed by atoms with Gasteiger partial charge in [0.1, 0.15) is 17.7 Å². The van der Waals surface area contributed by atoms with E-state index in [1.807, 2.05) is 52.0 Å². The highest BCUT2D eigenvalue weighted by atomic mass is 16.6. The molecule has 6 rings (SSSR count). The fraction of sp³-hybridized carbons (Fsp3) is 0.474. The maximum atomic E-state index is 13.6. The average molecular weight is 741 g/mol. The molecule has 0 aliphatic carbocycles. The minimum atomic E-state index is -1.39. The van der Waals surface area contributed by atoms with Crippen LogP contribution in [0.15, 0.2) is 49.1 Å². The molecule has 54 heavy (non-hydrogen) atoms. The Bertz CT molecular complexity index is 1970. The zero-order valence-electron chi connectivity index (χ0n) is 31.5. The topological polar surface area (TPSA) is 214 Å². The predicted molar refractivity (Wildman–Crippen MR) is 198 cm³/mol. The van der Waals surface area contributed by atoms with Crippen molar-refractivity contribution in [2.45, 2.75) is 84.0 Å². The molecule has 2 saturated heterocycles. The maximum absolute atomic E-state index is 13.6. The largest absolute Gasteiger partial charge is 0.453 e. The molecule has 0 radical (unpaired) electrons. The first-order chi connectivity index (χ1) is 25.8. The number of nitrogens with two attached hydrogens (primary N) is 1. The van der Waals surface area contributed by atoms with E-state index in [4.69, 9.17) is 15.2 Å². The number of nitrogens with one attached hydrogen (secondary N) is 3. The summed E-state index contributed by atoms with van der Waals surface area (Å²) < 4.78 is 10.1. The second-order valence-electron chi connectivity index (χ2n) is 14.6. The summed E-state index contributed by atoms with van der Waals surface area (Å²) in [4.78, 5) is 79.4. The number of hydrogen-bond acceptors (Lipinski definition) is 10. The van der Waals surface area contributed by atoms with Crippen molar-refractivity contribution >= 4 is 24.0 Å². The molecule has 0 spiro atoms. The molecule has 2 fully saturated rings. The van der Waals surface area contributed by atoms with Crippen molar-refractivity contribution in [3.63, 3.8) is 0 Å². The molecule has 5 heterocycles. The summed E-state index contributed by atoms with van der Waals surface area (Å²) in [5.74, 6) is 1.01. The number of imidazole rings is 2. The third-order valence-corrected chi connectivity index (χ3v) is 10.5. The maximum Gasteiger partial charge on any atom is 0.407 e. The van der Waals surface area contributed by atoms with Crippen LogP contribution in [0.3, 0.4) is 0 Å². The van der Waals surface area contributed by atoms with Crippen LogP contribution in [-0.2, 0) is 19.1 Å². The van der Waals surface area contributed by atoms with Gasteiger partial charge in [-0.25, -0.2) is 29.5 Å². The highest BCUT2D eigenvalue weighted by Gasteiger charge is 2.47. The Morgan fingerprint density at radius 2 is 1.35 bits per heavy atom. The van der Waals surface area contributed by atoms with Crippen molar-refractivity contribution in [3.8, 4) is 33.9 Å². The minimum Gasteiger partial charge on any atom is -0.453 e. The van der Waals surface area contributed by atoms with Gasteiger partial charge in [0, 0.05) is 42.5 Å². The molecular formula is C38H48N10O6. The Hall–Kier alpha value is -5.80. The molecule has 0 unspecified atom stereocenters. The van der Waals surface area contributed by atoms with Crippen LogP contribution in [0.1, 0.15) is 84.0 Å². The number of carbonyl (C=O) groups is 4. The van der Waals surface area contributed by atoms with Gasteiger partial charge < -0.3 is 40.3 Å². The number of hydrogen-bond donors (Lipinski definition) is 4. The second-order valence-corrected chi connectivity index (χ2v) is 14.6. The fourth-order valence-electron chi connectivity index (χ4n) is 7.11. The summed E-state index contributed by atoms with van der Waals surface area (Å²) >= 11 is 0. The van der Waals surface area contributed by atoms with Crippen molar-refractivity contribution in [1.29, 1.82) is 0 Å². The third kappa shape index (κ3) is 7.63. The van der Waals surface area contributed by atoms with E-state index >= 15 is 0 Å². The smallest absolute Gasteiger partial charge is 0.407 e. The van der Waals surface area contributed by atoms with Crippen LogP contribution in [0.2, 0.25) is 0 Å². The Labute approximate surface area is 313 Å². The number of methoxy groups -OCH3 is 1. The molecule has 16 nitrogen and oxygen atoms in total. The zero-order chi connectivity index (χ0) is 38.7. The van der Waals surface area contributed by atoms with Crippen LogP contribution in [0.25, 0.3) is 33.9 Å². The molecule has 2 aliphatic heterocycles. The SMILES string of the molecule is COC(=O)N[C@H](C(=O)N1CCC[C@H]1c1ncc(-c2ccc(-c3ncc(-c4cnc([C@@H]5CCCN5C(=O)[C@@](C)(OC(N)=O)C(C)C)[nH]4)cn3)cc2)[nH]1)C(C)C. The Balaban J connectivity index is 1.12. The van der Waals surface area contributed by atoms with Gasteiger partial charge in [0.25, 0.3) is 5.91 Å². The third-order valence-electron chi connectivity index (χ3n) is 10.5. The van der Waals surface area contributed by atoms with E-state index in [-0.39, 0.29) is 35.7 Å². The zero-order valence-corrected chi connectivity index (χ0v) is 31.5.